The number of aliphatic imine (C=N–C) groups is 1. The third-order valence-corrected chi connectivity index (χ3v) is 4.15. The maximum absolute atomic E-state index is 14.4. The molecule has 114 valence electrons. The Kier molecular flexibility index (Phi) is 4.74. The number of nitrogens with zero attached hydrogens (tertiary/aromatic N) is 1. The molecule has 4 heteroatoms. The van der Waals surface area contributed by atoms with Crippen LogP contribution in [-0.2, 0) is 6.42 Å². The average Bonchev–Trinajstić information content (AvgIpc) is 3.03. The van der Waals surface area contributed by atoms with E-state index in [2.05, 4.69) is 10.3 Å². The van der Waals surface area contributed by atoms with Crippen molar-refractivity contribution < 1.29 is 4.39 Å². The number of hydrogen-bond donors (Lipinski definition) is 1. The fourth-order valence-electron chi connectivity index (χ4n) is 2.74. The number of halogens is 2. The van der Waals surface area contributed by atoms with Crippen molar-refractivity contribution in [3.63, 3.8) is 0 Å². The second-order valence-electron chi connectivity index (χ2n) is 5.46. The Balaban J connectivity index is 1.89. The van der Waals surface area contributed by atoms with Crippen LogP contribution in [-0.4, -0.2) is 12.4 Å². The molecule has 0 aromatic heterocycles. The molecule has 2 aromatic carbocycles. The molecule has 0 unspecified atom stereocenters. The monoisotopic (exact) mass is 316 g/mol. The van der Waals surface area contributed by atoms with Crippen molar-refractivity contribution in [3.05, 3.63) is 70.5 Å². The number of benzene rings is 2. The average molecular weight is 317 g/mol. The lowest BCUT2D eigenvalue weighted by Crippen LogP contribution is -2.29. The van der Waals surface area contributed by atoms with E-state index < -0.39 is 0 Å². The highest BCUT2D eigenvalue weighted by atomic mass is 35.5. The maximum atomic E-state index is 14.4. The summed E-state index contributed by atoms with van der Waals surface area (Å²) in [6, 6.07) is 15.1. The van der Waals surface area contributed by atoms with Crippen LogP contribution in [0.3, 0.4) is 0 Å². The molecular weight excluding hydrogens is 299 g/mol. The predicted molar refractivity (Wildman–Crippen MR) is 89.0 cm³/mol. The standard InChI is InChI=1S/C18H18ClFN2/c19-15-9-4-8-14(18(15)20)16(22-17-10-5-11-21-17)12-13-6-2-1-3-7-13/h1-4,6-9,16H,5,10-12H2,(H,21,22)/t16-/m0/s1. The summed E-state index contributed by atoms with van der Waals surface area (Å²) in [5.41, 5.74) is 1.74. The Morgan fingerprint density at radius 1 is 1.14 bits per heavy atom. The first-order valence-electron chi connectivity index (χ1n) is 7.52. The van der Waals surface area contributed by atoms with Gasteiger partial charge in [0.05, 0.1) is 16.9 Å². The van der Waals surface area contributed by atoms with Gasteiger partial charge < -0.3 is 5.32 Å². The Labute approximate surface area is 135 Å². The fourth-order valence-corrected chi connectivity index (χ4v) is 2.92. The summed E-state index contributed by atoms with van der Waals surface area (Å²) in [5, 5.41) is 3.56. The van der Waals surface area contributed by atoms with E-state index in [-0.39, 0.29) is 16.9 Å². The first-order valence-corrected chi connectivity index (χ1v) is 7.89. The summed E-state index contributed by atoms with van der Waals surface area (Å²) < 4.78 is 14.4. The van der Waals surface area contributed by atoms with Gasteiger partial charge in [0.2, 0.25) is 0 Å². The maximum Gasteiger partial charge on any atom is 0.147 e. The SMILES string of the molecule is Fc1c(Cl)cccc1[C@H](Cc1ccccc1)NC1=NCCC1. The van der Waals surface area contributed by atoms with Gasteiger partial charge in [-0.3, -0.25) is 4.99 Å². The molecule has 0 bridgehead atoms. The number of rotatable bonds is 4. The zero-order chi connectivity index (χ0) is 15.4. The number of hydrogen-bond acceptors (Lipinski definition) is 2. The van der Waals surface area contributed by atoms with Crippen LogP contribution in [0, 0.1) is 5.82 Å². The lowest BCUT2D eigenvalue weighted by Gasteiger charge is -2.21. The topological polar surface area (TPSA) is 24.4 Å². The summed E-state index contributed by atoms with van der Waals surface area (Å²) in [4.78, 5) is 4.44. The Bertz CT molecular complexity index is 670. The number of nitrogens with one attached hydrogen (secondary N) is 1. The lowest BCUT2D eigenvalue weighted by molar-refractivity contribution is 0.556. The summed E-state index contributed by atoms with van der Waals surface area (Å²) >= 11 is 5.94. The van der Waals surface area contributed by atoms with Gasteiger partial charge in [-0.2, -0.15) is 0 Å². The minimum atomic E-state index is -0.351. The normalized spacial score (nSPS) is 15.5. The minimum Gasteiger partial charge on any atom is -0.367 e. The zero-order valence-electron chi connectivity index (χ0n) is 12.2. The van der Waals surface area contributed by atoms with Crippen LogP contribution in [0.25, 0.3) is 0 Å². The molecule has 22 heavy (non-hydrogen) atoms. The van der Waals surface area contributed by atoms with Gasteiger partial charge in [0, 0.05) is 18.5 Å². The van der Waals surface area contributed by atoms with E-state index in [1.54, 1.807) is 18.2 Å². The van der Waals surface area contributed by atoms with Crippen LogP contribution in [0.1, 0.15) is 30.0 Å². The Hall–Kier alpha value is -1.87. The highest BCUT2D eigenvalue weighted by molar-refractivity contribution is 6.30. The van der Waals surface area contributed by atoms with Gasteiger partial charge >= 0.3 is 0 Å². The molecule has 0 saturated heterocycles. The summed E-state index contributed by atoms with van der Waals surface area (Å²) in [7, 11) is 0. The lowest BCUT2D eigenvalue weighted by atomic mass is 9.98. The van der Waals surface area contributed by atoms with Gasteiger partial charge in [-0.1, -0.05) is 54.1 Å². The van der Waals surface area contributed by atoms with E-state index in [1.807, 2.05) is 30.3 Å². The second-order valence-corrected chi connectivity index (χ2v) is 5.87. The first-order chi connectivity index (χ1) is 10.7. The van der Waals surface area contributed by atoms with Crippen molar-refractivity contribution in [1.29, 1.82) is 0 Å². The summed E-state index contributed by atoms with van der Waals surface area (Å²) in [5.74, 6) is 0.608. The highest BCUT2D eigenvalue weighted by Crippen LogP contribution is 2.26. The molecule has 0 spiro atoms. The van der Waals surface area contributed by atoms with E-state index in [0.717, 1.165) is 30.8 Å². The van der Waals surface area contributed by atoms with Gasteiger partial charge in [0.15, 0.2) is 0 Å². The molecule has 0 amide bonds. The van der Waals surface area contributed by atoms with Crippen LogP contribution < -0.4 is 5.32 Å². The summed E-state index contributed by atoms with van der Waals surface area (Å²) in [6.45, 7) is 0.846. The van der Waals surface area contributed by atoms with E-state index in [0.29, 0.717) is 12.0 Å². The quantitative estimate of drug-likeness (QED) is 0.879. The van der Waals surface area contributed by atoms with Gasteiger partial charge in [0.1, 0.15) is 5.82 Å². The molecule has 1 atom stereocenters. The Morgan fingerprint density at radius 3 is 2.68 bits per heavy atom. The van der Waals surface area contributed by atoms with E-state index in [4.69, 9.17) is 11.6 Å². The third-order valence-electron chi connectivity index (χ3n) is 3.85. The van der Waals surface area contributed by atoms with E-state index >= 15 is 0 Å². The van der Waals surface area contributed by atoms with Crippen LogP contribution >= 0.6 is 11.6 Å². The molecule has 2 aromatic rings. The van der Waals surface area contributed by atoms with Crippen molar-refractivity contribution in [2.75, 3.05) is 6.54 Å². The smallest absolute Gasteiger partial charge is 0.147 e. The van der Waals surface area contributed by atoms with E-state index in [1.165, 1.54) is 0 Å². The molecule has 1 aliphatic heterocycles. The van der Waals surface area contributed by atoms with Gasteiger partial charge in [-0.25, -0.2) is 4.39 Å². The molecule has 0 fully saturated rings. The van der Waals surface area contributed by atoms with Crippen molar-refractivity contribution in [2.24, 2.45) is 4.99 Å². The molecule has 3 rings (SSSR count). The van der Waals surface area contributed by atoms with Crippen molar-refractivity contribution in [2.45, 2.75) is 25.3 Å². The van der Waals surface area contributed by atoms with Crippen molar-refractivity contribution >= 4 is 17.4 Å². The van der Waals surface area contributed by atoms with Gasteiger partial charge in [-0.05, 0) is 24.5 Å². The number of amidine groups is 1. The molecule has 1 heterocycles. The molecule has 0 saturated carbocycles. The van der Waals surface area contributed by atoms with Crippen molar-refractivity contribution in [1.82, 2.24) is 5.32 Å². The van der Waals surface area contributed by atoms with Crippen LogP contribution in [0.2, 0.25) is 5.02 Å². The molecule has 0 aliphatic carbocycles. The van der Waals surface area contributed by atoms with Crippen molar-refractivity contribution in [3.8, 4) is 0 Å². The Morgan fingerprint density at radius 2 is 1.95 bits per heavy atom. The zero-order valence-corrected chi connectivity index (χ0v) is 13.0. The fraction of sp³-hybridized carbons (Fsp3) is 0.278. The molecular formula is C18H18ClFN2. The largest absolute Gasteiger partial charge is 0.367 e. The molecule has 0 radical (unpaired) electrons. The van der Waals surface area contributed by atoms with Gasteiger partial charge in [0.25, 0.3) is 0 Å². The molecule has 1 N–H and O–H groups in total. The minimum absolute atomic E-state index is 0.158. The van der Waals surface area contributed by atoms with Crippen LogP contribution in [0.4, 0.5) is 4.39 Å². The molecule has 1 aliphatic rings. The van der Waals surface area contributed by atoms with E-state index in [9.17, 15) is 4.39 Å². The predicted octanol–water partition coefficient (Wildman–Crippen LogP) is 4.54. The summed E-state index contributed by atoms with van der Waals surface area (Å²) in [6.07, 6.45) is 2.67. The third kappa shape index (κ3) is 3.47. The molecule has 2 nitrogen and oxygen atoms in total. The first kappa shape index (κ1) is 15.0. The highest BCUT2D eigenvalue weighted by Gasteiger charge is 2.20. The van der Waals surface area contributed by atoms with Gasteiger partial charge in [-0.15, -0.1) is 0 Å². The van der Waals surface area contributed by atoms with Crippen LogP contribution in [0.15, 0.2) is 53.5 Å². The van der Waals surface area contributed by atoms with Crippen LogP contribution in [0.5, 0.6) is 0 Å². The second kappa shape index (κ2) is 6.93.